The highest BCUT2D eigenvalue weighted by Crippen LogP contribution is 2.17. The fourth-order valence-corrected chi connectivity index (χ4v) is 2.15. The molecule has 2 aromatic rings. The van der Waals surface area contributed by atoms with Crippen molar-refractivity contribution in [3.05, 3.63) is 47.6 Å². The molecule has 1 aromatic carbocycles. The van der Waals surface area contributed by atoms with Crippen molar-refractivity contribution in [1.29, 1.82) is 0 Å². The van der Waals surface area contributed by atoms with Gasteiger partial charge in [0.05, 0.1) is 0 Å². The van der Waals surface area contributed by atoms with Crippen molar-refractivity contribution in [3.8, 4) is 0 Å². The molecule has 0 bridgehead atoms. The highest BCUT2D eigenvalue weighted by Gasteiger charge is 2.17. The zero-order chi connectivity index (χ0) is 17.6. The number of alkyl carbamates (subject to hydrolysis) is 1. The summed E-state index contributed by atoms with van der Waals surface area (Å²) in [6.07, 6.45) is 0.935. The number of hydrogen-bond acceptors (Lipinski definition) is 5. The van der Waals surface area contributed by atoms with Gasteiger partial charge in [-0.25, -0.2) is 4.79 Å². The summed E-state index contributed by atoms with van der Waals surface area (Å²) in [7, 11) is 0. The topological polar surface area (TPSA) is 77.2 Å². The molecule has 0 saturated carbocycles. The minimum Gasteiger partial charge on any atom is -0.444 e. The Morgan fingerprint density at radius 2 is 2.00 bits per heavy atom. The van der Waals surface area contributed by atoms with E-state index in [1.54, 1.807) is 0 Å². The number of rotatable bonds is 6. The molecule has 1 amide bonds. The summed E-state index contributed by atoms with van der Waals surface area (Å²) >= 11 is 0. The zero-order valence-electron chi connectivity index (χ0n) is 14.7. The van der Waals surface area contributed by atoms with Gasteiger partial charge in [0, 0.05) is 18.9 Å². The van der Waals surface area contributed by atoms with Gasteiger partial charge in [0.1, 0.15) is 5.60 Å². The van der Waals surface area contributed by atoms with Gasteiger partial charge in [0.15, 0.2) is 5.82 Å². The number of amides is 1. The summed E-state index contributed by atoms with van der Waals surface area (Å²) in [4.78, 5) is 16.0. The summed E-state index contributed by atoms with van der Waals surface area (Å²) < 4.78 is 10.5. The van der Waals surface area contributed by atoms with E-state index in [4.69, 9.17) is 9.26 Å². The highest BCUT2D eigenvalue weighted by molar-refractivity contribution is 5.67. The van der Waals surface area contributed by atoms with Crippen LogP contribution >= 0.6 is 0 Å². The second-order valence-electron chi connectivity index (χ2n) is 6.83. The number of hydrogen-bond donors (Lipinski definition) is 1. The largest absolute Gasteiger partial charge is 0.444 e. The van der Waals surface area contributed by atoms with E-state index in [1.165, 1.54) is 0 Å². The third-order valence-corrected chi connectivity index (χ3v) is 3.36. The predicted molar refractivity (Wildman–Crippen MR) is 90.8 cm³/mol. The van der Waals surface area contributed by atoms with Crippen molar-refractivity contribution >= 4 is 6.09 Å². The van der Waals surface area contributed by atoms with Gasteiger partial charge >= 0.3 is 6.09 Å². The number of carbonyl (C=O) groups is 1. The second-order valence-corrected chi connectivity index (χ2v) is 6.83. The number of nitrogens with zero attached hydrogens (tertiary/aromatic N) is 2. The van der Waals surface area contributed by atoms with E-state index in [1.807, 2.05) is 58.0 Å². The Bertz CT molecular complexity index is 647. The van der Waals surface area contributed by atoms with Crippen LogP contribution in [0.15, 0.2) is 34.9 Å². The zero-order valence-corrected chi connectivity index (χ0v) is 14.7. The molecule has 0 aliphatic rings. The van der Waals surface area contributed by atoms with Crippen LogP contribution in [-0.2, 0) is 11.2 Å². The van der Waals surface area contributed by atoms with Crippen LogP contribution in [0.5, 0.6) is 0 Å². The maximum absolute atomic E-state index is 11.6. The van der Waals surface area contributed by atoms with Crippen molar-refractivity contribution in [1.82, 2.24) is 15.5 Å². The standard InChI is InChI=1S/C18H25N3O3/c1-13(10-11-19-17(22)23-18(2,3)4)16-20-15(21-24-16)12-14-8-6-5-7-9-14/h5-9,13H,10-12H2,1-4H3,(H,19,22)/t13-/m0/s1. The van der Waals surface area contributed by atoms with Gasteiger partial charge in [0.25, 0.3) is 0 Å². The minimum atomic E-state index is -0.492. The van der Waals surface area contributed by atoms with Gasteiger partial charge in [-0.3, -0.25) is 0 Å². The molecule has 1 atom stereocenters. The average Bonchev–Trinajstić information content (AvgIpc) is 2.95. The molecule has 0 radical (unpaired) electrons. The molecule has 0 unspecified atom stereocenters. The normalized spacial score (nSPS) is 12.7. The molecule has 0 aliphatic carbocycles. The first-order valence-electron chi connectivity index (χ1n) is 8.17. The fourth-order valence-electron chi connectivity index (χ4n) is 2.15. The van der Waals surface area contributed by atoms with Gasteiger partial charge < -0.3 is 14.6 Å². The summed E-state index contributed by atoms with van der Waals surface area (Å²) in [5, 5.41) is 6.76. The molecule has 130 valence electrons. The Morgan fingerprint density at radius 3 is 2.67 bits per heavy atom. The molecule has 6 nitrogen and oxygen atoms in total. The smallest absolute Gasteiger partial charge is 0.407 e. The molecule has 1 N–H and O–H groups in total. The van der Waals surface area contributed by atoms with Crippen LogP contribution < -0.4 is 5.32 Å². The van der Waals surface area contributed by atoms with E-state index < -0.39 is 11.7 Å². The number of aromatic nitrogens is 2. The number of carbonyl (C=O) groups excluding carboxylic acids is 1. The molecule has 24 heavy (non-hydrogen) atoms. The first-order valence-corrected chi connectivity index (χ1v) is 8.17. The van der Waals surface area contributed by atoms with E-state index in [2.05, 4.69) is 15.5 Å². The molecule has 0 saturated heterocycles. The third kappa shape index (κ3) is 6.02. The molecule has 2 rings (SSSR count). The van der Waals surface area contributed by atoms with Crippen molar-refractivity contribution in [2.45, 2.75) is 52.1 Å². The van der Waals surface area contributed by atoms with E-state index in [9.17, 15) is 4.79 Å². The van der Waals surface area contributed by atoms with E-state index in [-0.39, 0.29) is 5.92 Å². The summed E-state index contributed by atoms with van der Waals surface area (Å²) in [6, 6.07) is 10.0. The summed E-state index contributed by atoms with van der Waals surface area (Å²) in [6.45, 7) is 7.99. The van der Waals surface area contributed by atoms with Gasteiger partial charge in [-0.05, 0) is 32.8 Å². The molecular weight excluding hydrogens is 306 g/mol. The minimum absolute atomic E-state index is 0.0666. The number of ether oxygens (including phenoxy) is 1. The third-order valence-electron chi connectivity index (χ3n) is 3.36. The van der Waals surface area contributed by atoms with Gasteiger partial charge in [0.2, 0.25) is 5.89 Å². The molecule has 0 spiro atoms. The van der Waals surface area contributed by atoms with E-state index in [0.29, 0.717) is 31.1 Å². The lowest BCUT2D eigenvalue weighted by Gasteiger charge is -2.19. The van der Waals surface area contributed by atoms with Crippen LogP contribution in [0.2, 0.25) is 0 Å². The predicted octanol–water partition coefficient (Wildman–Crippen LogP) is 3.68. The lowest BCUT2D eigenvalue weighted by molar-refractivity contribution is 0.0526. The average molecular weight is 331 g/mol. The van der Waals surface area contributed by atoms with Crippen LogP contribution in [0.4, 0.5) is 4.79 Å². The lowest BCUT2D eigenvalue weighted by atomic mass is 10.1. The van der Waals surface area contributed by atoms with Crippen LogP contribution in [0, 0.1) is 0 Å². The molecule has 0 fully saturated rings. The lowest BCUT2D eigenvalue weighted by Crippen LogP contribution is -2.33. The second kappa shape index (κ2) is 7.95. The van der Waals surface area contributed by atoms with Crippen LogP contribution in [0.25, 0.3) is 0 Å². The molecule has 6 heteroatoms. The first-order chi connectivity index (χ1) is 11.3. The van der Waals surface area contributed by atoms with Crippen molar-refractivity contribution < 1.29 is 14.1 Å². The first kappa shape index (κ1) is 18.0. The van der Waals surface area contributed by atoms with Crippen LogP contribution in [0.3, 0.4) is 0 Å². The van der Waals surface area contributed by atoms with Crippen LogP contribution in [0.1, 0.15) is 57.3 Å². The maximum atomic E-state index is 11.6. The van der Waals surface area contributed by atoms with Crippen molar-refractivity contribution in [3.63, 3.8) is 0 Å². The highest BCUT2D eigenvalue weighted by atomic mass is 16.6. The fraction of sp³-hybridized carbons (Fsp3) is 0.500. The molecule has 1 heterocycles. The van der Waals surface area contributed by atoms with E-state index >= 15 is 0 Å². The van der Waals surface area contributed by atoms with Crippen LogP contribution in [-0.4, -0.2) is 28.4 Å². The SMILES string of the molecule is C[C@@H](CCNC(=O)OC(C)(C)C)c1nc(Cc2ccccc2)no1. The Morgan fingerprint density at radius 1 is 1.29 bits per heavy atom. The number of nitrogens with one attached hydrogen (secondary N) is 1. The summed E-state index contributed by atoms with van der Waals surface area (Å²) in [5.41, 5.74) is 0.651. The summed E-state index contributed by atoms with van der Waals surface area (Å²) in [5.74, 6) is 1.33. The quantitative estimate of drug-likeness (QED) is 0.873. The van der Waals surface area contributed by atoms with Gasteiger partial charge in [-0.1, -0.05) is 42.4 Å². The maximum Gasteiger partial charge on any atom is 0.407 e. The Balaban J connectivity index is 1.79. The van der Waals surface area contributed by atoms with Gasteiger partial charge in [-0.15, -0.1) is 0 Å². The monoisotopic (exact) mass is 331 g/mol. The van der Waals surface area contributed by atoms with Crippen molar-refractivity contribution in [2.24, 2.45) is 0 Å². The Labute approximate surface area is 142 Å². The van der Waals surface area contributed by atoms with Crippen molar-refractivity contribution in [2.75, 3.05) is 6.54 Å². The van der Waals surface area contributed by atoms with E-state index in [0.717, 1.165) is 5.56 Å². The molecular formula is C18H25N3O3. The Hall–Kier alpha value is -2.37. The Kier molecular flexibility index (Phi) is 5.95. The number of benzene rings is 1. The molecule has 1 aromatic heterocycles. The van der Waals surface area contributed by atoms with Gasteiger partial charge in [-0.2, -0.15) is 4.98 Å². The molecule has 0 aliphatic heterocycles.